The van der Waals surface area contributed by atoms with Crippen LogP contribution in [-0.2, 0) is 9.47 Å². The van der Waals surface area contributed by atoms with Crippen LogP contribution in [0.3, 0.4) is 0 Å². The predicted octanol–water partition coefficient (Wildman–Crippen LogP) is 0.248. The van der Waals surface area contributed by atoms with Crippen LogP contribution in [0, 0.1) is 5.41 Å². The van der Waals surface area contributed by atoms with Crippen molar-refractivity contribution < 1.29 is 9.47 Å². The average Bonchev–Trinajstić information content (AvgIpc) is 2.40. The van der Waals surface area contributed by atoms with E-state index in [1.807, 2.05) is 11.8 Å². The van der Waals surface area contributed by atoms with Crippen LogP contribution in [0.25, 0.3) is 0 Å². The maximum Gasteiger partial charge on any atom is 0.162 e. The van der Waals surface area contributed by atoms with Crippen molar-refractivity contribution in [2.24, 2.45) is 5.73 Å². The van der Waals surface area contributed by atoms with Gasteiger partial charge < -0.3 is 20.1 Å². The molecule has 0 aliphatic carbocycles. The van der Waals surface area contributed by atoms with Gasteiger partial charge in [-0.25, -0.2) is 0 Å². The van der Waals surface area contributed by atoms with E-state index in [2.05, 4.69) is 10.2 Å². The molecule has 0 aromatic carbocycles. The van der Waals surface area contributed by atoms with Gasteiger partial charge >= 0.3 is 0 Å². The van der Waals surface area contributed by atoms with Gasteiger partial charge in [0.25, 0.3) is 0 Å². The molecule has 1 unspecified atom stereocenters. The summed E-state index contributed by atoms with van der Waals surface area (Å²) in [5, 5.41) is 15.6. The van der Waals surface area contributed by atoms with Crippen molar-refractivity contribution in [3.63, 3.8) is 0 Å². The van der Waals surface area contributed by atoms with Crippen molar-refractivity contribution in [3.8, 4) is 0 Å². The van der Waals surface area contributed by atoms with Crippen LogP contribution in [-0.4, -0.2) is 56.1 Å². The number of amidine groups is 1. The van der Waals surface area contributed by atoms with E-state index < -0.39 is 0 Å². The Balaban J connectivity index is 3.05. The monoisotopic (exact) mass is 267 g/mol. The van der Waals surface area contributed by atoms with Crippen molar-refractivity contribution in [1.82, 2.24) is 10.2 Å². The average molecular weight is 267 g/mol. The number of methoxy groups -OCH3 is 2. The summed E-state index contributed by atoms with van der Waals surface area (Å²) in [6, 6.07) is 1.76. The van der Waals surface area contributed by atoms with Crippen LogP contribution in [0.5, 0.6) is 0 Å². The zero-order valence-corrected chi connectivity index (χ0v) is 11.6. The van der Waals surface area contributed by atoms with Gasteiger partial charge in [-0.2, -0.15) is 5.10 Å². The quantitative estimate of drug-likeness (QED) is 0.517. The van der Waals surface area contributed by atoms with E-state index >= 15 is 0 Å². The number of aromatic nitrogens is 2. The van der Waals surface area contributed by atoms with Gasteiger partial charge in [0.2, 0.25) is 0 Å². The first kappa shape index (κ1) is 15.3. The molecule has 0 amide bonds. The minimum Gasteiger partial charge on any atom is -0.384 e. The molecule has 0 radical (unpaired) electrons. The molecule has 19 heavy (non-hydrogen) atoms. The van der Waals surface area contributed by atoms with Crippen molar-refractivity contribution in [2.45, 2.75) is 13.0 Å². The molecular weight excluding hydrogens is 246 g/mol. The maximum absolute atomic E-state index is 7.61. The Hall–Kier alpha value is -1.73. The Morgan fingerprint density at radius 3 is 2.79 bits per heavy atom. The standard InChI is InChI=1S/C12H21N5O2/c1-9(8-19-3)17(6-7-18-2)12-10(11(13)14)4-5-15-16-12/h4-5,9H,6-8H2,1-3H3,(H3,13,14). The molecule has 0 aliphatic rings. The fraction of sp³-hybridized carbons (Fsp3) is 0.583. The number of nitrogen functional groups attached to an aromatic ring is 1. The zero-order valence-electron chi connectivity index (χ0n) is 11.6. The molecule has 1 atom stereocenters. The Morgan fingerprint density at radius 2 is 2.21 bits per heavy atom. The summed E-state index contributed by atoms with van der Waals surface area (Å²) in [6.07, 6.45) is 1.52. The summed E-state index contributed by atoms with van der Waals surface area (Å²) < 4.78 is 10.3. The number of nitrogens with two attached hydrogens (primary N) is 1. The third kappa shape index (κ3) is 4.15. The summed E-state index contributed by atoms with van der Waals surface area (Å²) in [6.45, 7) is 3.72. The van der Waals surface area contributed by atoms with Gasteiger partial charge in [0.15, 0.2) is 5.82 Å². The van der Waals surface area contributed by atoms with Gasteiger partial charge in [0, 0.05) is 20.8 Å². The topological polar surface area (TPSA) is 97.4 Å². The van der Waals surface area contributed by atoms with E-state index in [0.29, 0.717) is 31.1 Å². The van der Waals surface area contributed by atoms with Crippen LogP contribution in [0.2, 0.25) is 0 Å². The molecule has 1 rings (SSSR count). The van der Waals surface area contributed by atoms with E-state index in [9.17, 15) is 0 Å². The second kappa shape index (κ2) is 7.65. The highest BCUT2D eigenvalue weighted by atomic mass is 16.5. The second-order valence-electron chi connectivity index (χ2n) is 4.17. The lowest BCUT2D eigenvalue weighted by Crippen LogP contribution is -2.40. The third-order valence-electron chi connectivity index (χ3n) is 2.74. The number of nitrogens with zero attached hydrogens (tertiary/aromatic N) is 3. The second-order valence-corrected chi connectivity index (χ2v) is 4.17. The molecule has 0 saturated heterocycles. The third-order valence-corrected chi connectivity index (χ3v) is 2.74. The molecule has 1 aromatic rings. The maximum atomic E-state index is 7.61. The van der Waals surface area contributed by atoms with Crippen LogP contribution in [0.1, 0.15) is 12.5 Å². The van der Waals surface area contributed by atoms with E-state index in [0.717, 1.165) is 0 Å². The molecule has 1 heterocycles. The Kier molecular flexibility index (Phi) is 6.17. The Bertz CT molecular complexity index is 413. The lowest BCUT2D eigenvalue weighted by molar-refractivity contribution is 0.170. The van der Waals surface area contributed by atoms with Crippen LogP contribution < -0.4 is 10.6 Å². The summed E-state index contributed by atoms with van der Waals surface area (Å²) in [4.78, 5) is 1.98. The molecule has 0 aliphatic heterocycles. The number of ether oxygens (including phenoxy) is 2. The van der Waals surface area contributed by atoms with Crippen LogP contribution in [0.15, 0.2) is 12.3 Å². The van der Waals surface area contributed by atoms with E-state index in [1.54, 1.807) is 20.3 Å². The van der Waals surface area contributed by atoms with Crippen molar-refractivity contribution >= 4 is 11.7 Å². The van der Waals surface area contributed by atoms with Crippen LogP contribution >= 0.6 is 0 Å². The summed E-state index contributed by atoms with van der Waals surface area (Å²) >= 11 is 0. The first-order chi connectivity index (χ1) is 9.11. The smallest absolute Gasteiger partial charge is 0.162 e. The first-order valence-corrected chi connectivity index (χ1v) is 6.02. The van der Waals surface area contributed by atoms with Crippen molar-refractivity contribution in [3.05, 3.63) is 17.8 Å². The fourth-order valence-corrected chi connectivity index (χ4v) is 1.80. The number of rotatable bonds is 8. The molecule has 7 heteroatoms. The van der Waals surface area contributed by atoms with Gasteiger partial charge in [-0.05, 0) is 13.0 Å². The molecule has 0 fully saturated rings. The summed E-state index contributed by atoms with van der Waals surface area (Å²) in [5.41, 5.74) is 6.15. The minimum absolute atomic E-state index is 0.0306. The molecule has 0 spiro atoms. The Morgan fingerprint density at radius 1 is 1.47 bits per heavy atom. The van der Waals surface area contributed by atoms with Crippen LogP contribution in [0.4, 0.5) is 5.82 Å². The zero-order chi connectivity index (χ0) is 14.3. The highest BCUT2D eigenvalue weighted by Gasteiger charge is 2.20. The predicted molar refractivity (Wildman–Crippen MR) is 73.6 cm³/mol. The number of nitrogens with one attached hydrogen (secondary N) is 1. The summed E-state index contributed by atoms with van der Waals surface area (Å²) in [5.74, 6) is 0.550. The molecular formula is C12H21N5O2. The normalized spacial score (nSPS) is 12.2. The summed E-state index contributed by atoms with van der Waals surface area (Å²) in [7, 11) is 3.29. The molecule has 1 aromatic heterocycles. The minimum atomic E-state index is -0.0306. The van der Waals surface area contributed by atoms with Gasteiger partial charge in [-0.3, -0.25) is 5.41 Å². The molecule has 3 N–H and O–H groups in total. The largest absolute Gasteiger partial charge is 0.384 e. The lowest BCUT2D eigenvalue weighted by Gasteiger charge is -2.30. The number of hydrogen-bond donors (Lipinski definition) is 2. The van der Waals surface area contributed by atoms with Gasteiger partial charge in [-0.1, -0.05) is 0 Å². The number of hydrogen-bond acceptors (Lipinski definition) is 6. The van der Waals surface area contributed by atoms with Gasteiger partial charge in [0.05, 0.1) is 31.0 Å². The molecule has 0 saturated carbocycles. The molecule has 7 nitrogen and oxygen atoms in total. The Labute approximate surface area is 113 Å². The lowest BCUT2D eigenvalue weighted by atomic mass is 10.2. The van der Waals surface area contributed by atoms with E-state index in [1.165, 1.54) is 6.20 Å². The van der Waals surface area contributed by atoms with E-state index in [4.69, 9.17) is 20.6 Å². The molecule has 106 valence electrons. The fourth-order valence-electron chi connectivity index (χ4n) is 1.80. The van der Waals surface area contributed by atoms with Crippen molar-refractivity contribution in [2.75, 3.05) is 38.9 Å². The van der Waals surface area contributed by atoms with Crippen molar-refractivity contribution in [1.29, 1.82) is 5.41 Å². The highest BCUT2D eigenvalue weighted by molar-refractivity contribution is 5.99. The van der Waals surface area contributed by atoms with E-state index in [-0.39, 0.29) is 11.9 Å². The van der Waals surface area contributed by atoms with Gasteiger partial charge in [-0.15, -0.1) is 5.10 Å². The molecule has 0 bridgehead atoms. The van der Waals surface area contributed by atoms with Gasteiger partial charge in [0.1, 0.15) is 5.84 Å². The highest BCUT2D eigenvalue weighted by Crippen LogP contribution is 2.18. The first-order valence-electron chi connectivity index (χ1n) is 6.02. The SMILES string of the molecule is COCCN(c1nnccc1C(=N)N)C(C)COC. The number of anilines is 1.